The van der Waals surface area contributed by atoms with E-state index in [1.54, 1.807) is 0 Å². The summed E-state index contributed by atoms with van der Waals surface area (Å²) in [7, 11) is 0. The number of aryl methyl sites for hydroxylation is 1. The lowest BCUT2D eigenvalue weighted by atomic mass is 10.1. The van der Waals surface area contributed by atoms with E-state index in [9.17, 15) is 0 Å². The van der Waals surface area contributed by atoms with Gasteiger partial charge in [-0.3, -0.25) is 0 Å². The molecular formula is C10H18BrN3. The Morgan fingerprint density at radius 3 is 2.36 bits per heavy atom. The normalized spacial score (nSPS) is 13.6. The summed E-state index contributed by atoms with van der Waals surface area (Å²) >= 11 is 3.43. The topological polar surface area (TPSA) is 43.8 Å². The Hall–Kier alpha value is -0.510. The summed E-state index contributed by atoms with van der Waals surface area (Å²) < 4.78 is 2.83. The van der Waals surface area contributed by atoms with Gasteiger partial charge in [-0.1, -0.05) is 13.8 Å². The fourth-order valence-electron chi connectivity index (χ4n) is 1.66. The van der Waals surface area contributed by atoms with Crippen LogP contribution in [0, 0.1) is 12.8 Å². The van der Waals surface area contributed by atoms with Crippen LogP contribution in [-0.4, -0.2) is 9.78 Å². The summed E-state index contributed by atoms with van der Waals surface area (Å²) in [5.41, 5.74) is 6.89. The molecule has 3 nitrogen and oxygen atoms in total. The Morgan fingerprint density at radius 2 is 2.00 bits per heavy atom. The van der Waals surface area contributed by atoms with E-state index in [0.717, 1.165) is 22.4 Å². The van der Waals surface area contributed by atoms with Gasteiger partial charge in [0.2, 0.25) is 0 Å². The lowest BCUT2D eigenvalue weighted by Crippen LogP contribution is -2.12. The molecule has 1 heterocycles. The second-order valence-electron chi connectivity index (χ2n) is 4.21. The van der Waals surface area contributed by atoms with Crippen molar-refractivity contribution in [3.63, 3.8) is 0 Å². The molecule has 0 bridgehead atoms. The zero-order chi connectivity index (χ0) is 10.9. The highest BCUT2D eigenvalue weighted by molar-refractivity contribution is 9.10. The minimum Gasteiger partial charge on any atom is -0.383 e. The van der Waals surface area contributed by atoms with Gasteiger partial charge in [-0.05, 0) is 42.1 Å². The minimum absolute atomic E-state index is 0.361. The number of halogens is 1. The molecule has 1 rings (SSSR count). The van der Waals surface area contributed by atoms with Gasteiger partial charge in [0.05, 0.1) is 16.2 Å². The first-order valence-corrected chi connectivity index (χ1v) is 5.72. The van der Waals surface area contributed by atoms with Crippen molar-refractivity contribution >= 4 is 21.7 Å². The third-order valence-corrected chi connectivity index (χ3v) is 3.26. The first-order valence-electron chi connectivity index (χ1n) is 4.93. The van der Waals surface area contributed by atoms with Gasteiger partial charge < -0.3 is 5.73 Å². The molecule has 0 spiro atoms. The van der Waals surface area contributed by atoms with Gasteiger partial charge in [0.25, 0.3) is 0 Å². The highest BCUT2D eigenvalue weighted by Gasteiger charge is 2.15. The molecule has 1 atom stereocenters. The van der Waals surface area contributed by atoms with Crippen LogP contribution in [0.25, 0.3) is 0 Å². The first-order chi connectivity index (χ1) is 6.43. The summed E-state index contributed by atoms with van der Waals surface area (Å²) in [6.07, 6.45) is 1.10. The van der Waals surface area contributed by atoms with Crippen LogP contribution >= 0.6 is 15.9 Å². The third-order valence-electron chi connectivity index (χ3n) is 2.28. The number of hydrogen-bond acceptors (Lipinski definition) is 2. The largest absolute Gasteiger partial charge is 0.383 e. The second kappa shape index (κ2) is 4.34. The van der Waals surface area contributed by atoms with Crippen molar-refractivity contribution in [2.75, 3.05) is 5.73 Å². The number of nitrogens with zero attached hydrogens (tertiary/aromatic N) is 2. The van der Waals surface area contributed by atoms with Gasteiger partial charge >= 0.3 is 0 Å². The zero-order valence-corrected chi connectivity index (χ0v) is 10.8. The molecule has 1 aromatic rings. The minimum atomic E-state index is 0.361. The third kappa shape index (κ3) is 2.29. The van der Waals surface area contributed by atoms with Crippen molar-refractivity contribution in [3.8, 4) is 0 Å². The molecule has 0 aliphatic carbocycles. The van der Waals surface area contributed by atoms with Crippen LogP contribution < -0.4 is 5.73 Å². The average Bonchev–Trinajstić information content (AvgIpc) is 2.32. The monoisotopic (exact) mass is 259 g/mol. The van der Waals surface area contributed by atoms with Crippen LogP contribution in [0.5, 0.6) is 0 Å². The fraction of sp³-hybridized carbons (Fsp3) is 0.700. The number of anilines is 1. The van der Waals surface area contributed by atoms with Gasteiger partial charge in [0, 0.05) is 0 Å². The number of rotatable bonds is 3. The van der Waals surface area contributed by atoms with Gasteiger partial charge in [-0.2, -0.15) is 5.10 Å². The van der Waals surface area contributed by atoms with Crippen LogP contribution in [0.15, 0.2) is 4.47 Å². The predicted octanol–water partition coefficient (Wildman–Crippen LogP) is 3.14. The maximum atomic E-state index is 5.93. The van der Waals surface area contributed by atoms with Gasteiger partial charge in [-0.15, -0.1) is 0 Å². The Kier molecular flexibility index (Phi) is 3.59. The van der Waals surface area contributed by atoms with Gasteiger partial charge in [-0.25, -0.2) is 4.68 Å². The van der Waals surface area contributed by atoms with Crippen LogP contribution in [0.4, 0.5) is 5.82 Å². The molecule has 1 unspecified atom stereocenters. The maximum Gasteiger partial charge on any atom is 0.136 e. The smallest absolute Gasteiger partial charge is 0.136 e. The van der Waals surface area contributed by atoms with Crippen molar-refractivity contribution in [1.29, 1.82) is 0 Å². The van der Waals surface area contributed by atoms with Crippen molar-refractivity contribution in [1.82, 2.24) is 9.78 Å². The van der Waals surface area contributed by atoms with E-state index in [2.05, 4.69) is 41.8 Å². The van der Waals surface area contributed by atoms with Crippen molar-refractivity contribution in [2.45, 2.75) is 40.2 Å². The van der Waals surface area contributed by atoms with E-state index in [4.69, 9.17) is 5.73 Å². The van der Waals surface area contributed by atoms with Crippen molar-refractivity contribution in [2.24, 2.45) is 5.92 Å². The molecule has 0 aromatic carbocycles. The van der Waals surface area contributed by atoms with Crippen LogP contribution in [-0.2, 0) is 0 Å². The Bertz CT molecular complexity index is 317. The molecule has 0 saturated heterocycles. The highest BCUT2D eigenvalue weighted by atomic mass is 79.9. The molecule has 0 aliphatic rings. The molecule has 14 heavy (non-hydrogen) atoms. The number of hydrogen-bond donors (Lipinski definition) is 1. The SMILES string of the molecule is Cc1nn(C(C)CC(C)C)c(N)c1Br. The molecule has 2 N–H and O–H groups in total. The first kappa shape index (κ1) is 11.6. The van der Waals surface area contributed by atoms with E-state index in [0.29, 0.717) is 12.0 Å². The fourth-order valence-corrected chi connectivity index (χ4v) is 1.92. The molecule has 0 fully saturated rings. The summed E-state index contributed by atoms with van der Waals surface area (Å²) in [6, 6.07) is 0.361. The lowest BCUT2D eigenvalue weighted by Gasteiger charge is -2.15. The van der Waals surface area contributed by atoms with Crippen LogP contribution in [0.1, 0.15) is 38.9 Å². The standard InChI is InChI=1S/C10H18BrN3/c1-6(2)5-7(3)14-10(12)9(11)8(4)13-14/h6-7H,5,12H2,1-4H3. The van der Waals surface area contributed by atoms with E-state index < -0.39 is 0 Å². The molecule has 1 aromatic heterocycles. The molecule has 0 amide bonds. The van der Waals surface area contributed by atoms with Crippen LogP contribution in [0.3, 0.4) is 0 Å². The molecule has 0 aliphatic heterocycles. The summed E-state index contributed by atoms with van der Waals surface area (Å²) in [5, 5.41) is 4.41. The Morgan fingerprint density at radius 1 is 1.43 bits per heavy atom. The summed E-state index contributed by atoms with van der Waals surface area (Å²) in [5.74, 6) is 1.39. The molecule has 0 radical (unpaired) electrons. The lowest BCUT2D eigenvalue weighted by molar-refractivity contribution is 0.401. The summed E-state index contributed by atoms with van der Waals surface area (Å²) in [4.78, 5) is 0. The molecule has 80 valence electrons. The Labute approximate surface area is 93.8 Å². The van der Waals surface area contributed by atoms with Gasteiger partial charge in [0.1, 0.15) is 5.82 Å². The number of nitrogen functional groups attached to an aromatic ring is 1. The number of nitrogens with two attached hydrogens (primary N) is 1. The van der Waals surface area contributed by atoms with Gasteiger partial charge in [0.15, 0.2) is 0 Å². The second-order valence-corrected chi connectivity index (χ2v) is 5.00. The highest BCUT2D eigenvalue weighted by Crippen LogP contribution is 2.27. The van der Waals surface area contributed by atoms with E-state index >= 15 is 0 Å². The molecule has 4 heteroatoms. The van der Waals surface area contributed by atoms with E-state index in [1.165, 1.54) is 0 Å². The van der Waals surface area contributed by atoms with Crippen molar-refractivity contribution in [3.05, 3.63) is 10.2 Å². The zero-order valence-electron chi connectivity index (χ0n) is 9.21. The number of aromatic nitrogens is 2. The van der Waals surface area contributed by atoms with E-state index in [1.807, 2.05) is 11.6 Å². The van der Waals surface area contributed by atoms with Crippen molar-refractivity contribution < 1.29 is 0 Å². The maximum absolute atomic E-state index is 5.93. The Balaban J connectivity index is 2.90. The average molecular weight is 260 g/mol. The molecule has 0 saturated carbocycles. The quantitative estimate of drug-likeness (QED) is 0.907. The summed E-state index contributed by atoms with van der Waals surface area (Å²) in [6.45, 7) is 8.52. The van der Waals surface area contributed by atoms with E-state index in [-0.39, 0.29) is 0 Å². The predicted molar refractivity (Wildman–Crippen MR) is 63.2 cm³/mol. The molecular weight excluding hydrogens is 242 g/mol. The van der Waals surface area contributed by atoms with Crippen LogP contribution in [0.2, 0.25) is 0 Å².